The maximum atomic E-state index is 11.8. The number of epoxide rings is 1. The van der Waals surface area contributed by atoms with Crippen molar-refractivity contribution in [1.29, 1.82) is 0 Å². The molecule has 0 N–H and O–H groups in total. The largest absolute Gasteiger partial charge is 0.467 e. The molecule has 1 spiro atoms. The summed E-state index contributed by atoms with van der Waals surface area (Å²) < 4.78 is 16.0. The summed E-state index contributed by atoms with van der Waals surface area (Å²) in [5, 5.41) is 0. The zero-order chi connectivity index (χ0) is 11.3. The number of hydrogen-bond acceptors (Lipinski definition) is 4. The van der Waals surface area contributed by atoms with E-state index < -0.39 is 11.2 Å². The molecule has 2 heterocycles. The molecule has 0 amide bonds. The molecular formula is C11H18O4. The van der Waals surface area contributed by atoms with E-state index in [9.17, 15) is 4.79 Å². The highest BCUT2D eigenvalue weighted by atomic mass is 16.7. The number of ether oxygens (including phenoxy) is 3. The average Bonchev–Trinajstić information content (AvgIpc) is 2.76. The van der Waals surface area contributed by atoms with Crippen molar-refractivity contribution in [2.24, 2.45) is 11.8 Å². The van der Waals surface area contributed by atoms with Crippen molar-refractivity contribution in [1.82, 2.24) is 0 Å². The fraction of sp³-hybridized carbons (Fsp3) is 0.909. The molecule has 0 aliphatic carbocycles. The molecule has 0 aromatic heterocycles. The van der Waals surface area contributed by atoms with Crippen LogP contribution in [0, 0.1) is 11.8 Å². The summed E-state index contributed by atoms with van der Waals surface area (Å²) in [6.07, 6.45) is 0. The van der Waals surface area contributed by atoms with Crippen LogP contribution in [0.1, 0.15) is 20.8 Å². The minimum Gasteiger partial charge on any atom is -0.467 e. The van der Waals surface area contributed by atoms with Gasteiger partial charge in [-0.15, -0.1) is 0 Å². The van der Waals surface area contributed by atoms with Crippen molar-refractivity contribution < 1.29 is 19.0 Å². The Morgan fingerprint density at radius 2 is 2.20 bits per heavy atom. The summed E-state index contributed by atoms with van der Waals surface area (Å²) in [6.45, 7) is 7.18. The van der Waals surface area contributed by atoms with E-state index >= 15 is 0 Å². The lowest BCUT2D eigenvalue weighted by Crippen LogP contribution is -2.42. The molecule has 3 unspecified atom stereocenters. The van der Waals surface area contributed by atoms with Gasteiger partial charge in [0.25, 0.3) is 0 Å². The van der Waals surface area contributed by atoms with E-state index in [-0.39, 0.29) is 17.8 Å². The summed E-state index contributed by atoms with van der Waals surface area (Å²) in [5.41, 5.74) is -1.22. The van der Waals surface area contributed by atoms with Gasteiger partial charge in [-0.3, -0.25) is 0 Å². The van der Waals surface area contributed by atoms with Gasteiger partial charge < -0.3 is 14.2 Å². The van der Waals surface area contributed by atoms with Crippen LogP contribution in [0.15, 0.2) is 0 Å². The smallest absolute Gasteiger partial charge is 0.341 e. The molecule has 2 saturated heterocycles. The Morgan fingerprint density at radius 3 is 2.60 bits per heavy atom. The SMILES string of the molecule is COC(=O)C1(C(C)C)OC12COCC2C. The van der Waals surface area contributed by atoms with E-state index in [4.69, 9.17) is 14.2 Å². The van der Waals surface area contributed by atoms with Crippen LogP contribution in [-0.4, -0.2) is 37.5 Å². The third-order valence-electron chi connectivity index (χ3n) is 3.71. The van der Waals surface area contributed by atoms with Gasteiger partial charge in [0.15, 0.2) is 5.60 Å². The normalized spacial score (nSPS) is 43.7. The summed E-state index contributed by atoms with van der Waals surface area (Å²) >= 11 is 0. The van der Waals surface area contributed by atoms with Crippen LogP contribution in [0.2, 0.25) is 0 Å². The molecule has 3 atom stereocenters. The fourth-order valence-electron chi connectivity index (χ4n) is 2.74. The molecule has 2 fully saturated rings. The molecule has 4 heteroatoms. The Kier molecular flexibility index (Phi) is 2.32. The molecule has 0 aromatic carbocycles. The zero-order valence-corrected chi connectivity index (χ0v) is 9.70. The molecule has 2 aliphatic rings. The molecule has 15 heavy (non-hydrogen) atoms. The second-order valence-corrected chi connectivity index (χ2v) is 4.79. The van der Waals surface area contributed by atoms with Gasteiger partial charge in [0.2, 0.25) is 0 Å². The van der Waals surface area contributed by atoms with Crippen molar-refractivity contribution in [2.75, 3.05) is 20.3 Å². The maximum absolute atomic E-state index is 11.8. The van der Waals surface area contributed by atoms with Gasteiger partial charge in [-0.05, 0) is 5.92 Å². The van der Waals surface area contributed by atoms with Crippen LogP contribution in [0.5, 0.6) is 0 Å². The molecule has 4 nitrogen and oxygen atoms in total. The van der Waals surface area contributed by atoms with Crippen LogP contribution in [0.4, 0.5) is 0 Å². The predicted octanol–water partition coefficient (Wildman–Crippen LogP) is 0.989. The van der Waals surface area contributed by atoms with Crippen molar-refractivity contribution >= 4 is 5.97 Å². The fourth-order valence-corrected chi connectivity index (χ4v) is 2.74. The molecule has 2 aliphatic heterocycles. The Labute approximate surface area is 89.9 Å². The molecule has 0 saturated carbocycles. The second kappa shape index (κ2) is 3.19. The van der Waals surface area contributed by atoms with E-state index in [0.717, 1.165) is 0 Å². The average molecular weight is 214 g/mol. The van der Waals surface area contributed by atoms with Crippen LogP contribution in [0.3, 0.4) is 0 Å². The van der Waals surface area contributed by atoms with Gasteiger partial charge in [-0.2, -0.15) is 0 Å². The van der Waals surface area contributed by atoms with Gasteiger partial charge in [0, 0.05) is 5.92 Å². The Morgan fingerprint density at radius 1 is 1.53 bits per heavy atom. The maximum Gasteiger partial charge on any atom is 0.341 e. The van der Waals surface area contributed by atoms with Crippen molar-refractivity contribution in [3.63, 3.8) is 0 Å². The second-order valence-electron chi connectivity index (χ2n) is 4.79. The number of carbonyl (C=O) groups excluding carboxylic acids is 1. The number of esters is 1. The van der Waals surface area contributed by atoms with Crippen molar-refractivity contribution in [3.8, 4) is 0 Å². The van der Waals surface area contributed by atoms with E-state index in [2.05, 4.69) is 6.92 Å². The molecule has 0 bridgehead atoms. The molecule has 0 aromatic rings. The quantitative estimate of drug-likeness (QED) is 0.508. The standard InChI is InChI=1S/C11H18O4/c1-7(2)11(9(12)13-4)10(15-11)6-14-5-8(10)3/h7-8H,5-6H2,1-4H3. The first-order chi connectivity index (χ1) is 7.01. The number of methoxy groups -OCH3 is 1. The first-order valence-electron chi connectivity index (χ1n) is 5.37. The summed E-state index contributed by atoms with van der Waals surface area (Å²) in [6, 6.07) is 0. The summed E-state index contributed by atoms with van der Waals surface area (Å²) in [5.74, 6) is 0.0861. The Hall–Kier alpha value is -0.610. The topological polar surface area (TPSA) is 48.1 Å². The molecule has 2 rings (SSSR count). The number of carbonyl (C=O) groups is 1. The third kappa shape index (κ3) is 1.12. The number of hydrogen-bond donors (Lipinski definition) is 0. The van der Waals surface area contributed by atoms with E-state index in [1.54, 1.807) is 0 Å². The molecular weight excluding hydrogens is 196 g/mol. The van der Waals surface area contributed by atoms with Gasteiger partial charge in [-0.25, -0.2) is 4.79 Å². The van der Waals surface area contributed by atoms with Crippen LogP contribution >= 0.6 is 0 Å². The highest BCUT2D eigenvalue weighted by Crippen LogP contribution is 2.60. The van der Waals surface area contributed by atoms with Crippen LogP contribution in [-0.2, 0) is 19.0 Å². The van der Waals surface area contributed by atoms with Crippen molar-refractivity contribution in [2.45, 2.75) is 32.0 Å². The minimum atomic E-state index is -0.780. The molecule has 0 radical (unpaired) electrons. The monoisotopic (exact) mass is 214 g/mol. The van der Waals surface area contributed by atoms with Crippen molar-refractivity contribution in [3.05, 3.63) is 0 Å². The number of rotatable bonds is 2. The van der Waals surface area contributed by atoms with E-state index in [1.165, 1.54) is 7.11 Å². The predicted molar refractivity (Wildman–Crippen MR) is 53.4 cm³/mol. The highest BCUT2D eigenvalue weighted by Gasteiger charge is 2.80. The lowest BCUT2D eigenvalue weighted by Gasteiger charge is -2.19. The van der Waals surface area contributed by atoms with Gasteiger partial charge in [0.1, 0.15) is 5.60 Å². The van der Waals surface area contributed by atoms with Gasteiger partial charge in [-0.1, -0.05) is 20.8 Å². The first-order valence-corrected chi connectivity index (χ1v) is 5.37. The minimum absolute atomic E-state index is 0.106. The Bertz CT molecular complexity index is 288. The summed E-state index contributed by atoms with van der Waals surface area (Å²) in [4.78, 5) is 11.8. The zero-order valence-electron chi connectivity index (χ0n) is 9.70. The Balaban J connectivity index is 2.30. The van der Waals surface area contributed by atoms with Gasteiger partial charge >= 0.3 is 5.97 Å². The third-order valence-corrected chi connectivity index (χ3v) is 3.71. The van der Waals surface area contributed by atoms with Crippen LogP contribution < -0.4 is 0 Å². The van der Waals surface area contributed by atoms with E-state index in [0.29, 0.717) is 13.2 Å². The lowest BCUT2D eigenvalue weighted by molar-refractivity contribution is -0.148. The highest BCUT2D eigenvalue weighted by molar-refractivity contribution is 5.85. The first kappa shape index (κ1) is 10.9. The van der Waals surface area contributed by atoms with Gasteiger partial charge in [0.05, 0.1) is 20.3 Å². The van der Waals surface area contributed by atoms with E-state index in [1.807, 2.05) is 13.8 Å². The summed E-state index contributed by atoms with van der Waals surface area (Å²) in [7, 11) is 1.41. The molecule has 86 valence electrons. The van der Waals surface area contributed by atoms with Crippen LogP contribution in [0.25, 0.3) is 0 Å². The lowest BCUT2D eigenvalue weighted by atomic mass is 9.78.